The Labute approximate surface area is 175 Å². The average Bonchev–Trinajstić information content (AvgIpc) is 3.51. The minimum atomic E-state index is -1.10. The number of hydrogen-bond donors (Lipinski definition) is 5. The second kappa shape index (κ2) is 15.1. The van der Waals surface area contributed by atoms with Crippen molar-refractivity contribution in [2.24, 2.45) is 0 Å². The van der Waals surface area contributed by atoms with Crippen molar-refractivity contribution >= 4 is 17.9 Å². The number of carbonyl (C=O) groups is 3. The van der Waals surface area contributed by atoms with Crippen molar-refractivity contribution in [1.82, 2.24) is 0 Å². The van der Waals surface area contributed by atoms with E-state index >= 15 is 0 Å². The number of rotatable bonds is 9. The van der Waals surface area contributed by atoms with Gasteiger partial charge in [0.05, 0.1) is 23.8 Å². The SMILES string of the molecule is CC(=CCC1CO1)C(=O)O.CCCCCC(O)O.O=C(O)c1ccc(C(=O)O)cc1. The molecule has 0 amide bonds. The molecule has 1 aliphatic rings. The van der Waals surface area contributed by atoms with Crippen LogP contribution in [-0.2, 0) is 9.53 Å². The Morgan fingerprint density at radius 1 is 1.03 bits per heavy atom. The number of carboxylic acid groups (broad SMARTS) is 3. The second-order valence-electron chi connectivity index (χ2n) is 6.55. The van der Waals surface area contributed by atoms with Crippen molar-refractivity contribution < 1.29 is 44.7 Å². The van der Waals surface area contributed by atoms with Gasteiger partial charge in [0.2, 0.25) is 0 Å². The van der Waals surface area contributed by atoms with Crippen molar-refractivity contribution in [3.8, 4) is 0 Å². The number of hydrogen-bond acceptors (Lipinski definition) is 6. The third kappa shape index (κ3) is 14.3. The predicted molar refractivity (Wildman–Crippen MR) is 108 cm³/mol. The highest BCUT2D eigenvalue weighted by molar-refractivity contribution is 5.91. The number of aromatic carboxylic acids is 2. The lowest BCUT2D eigenvalue weighted by Crippen LogP contribution is -2.02. The first-order chi connectivity index (χ1) is 14.1. The van der Waals surface area contributed by atoms with Crippen LogP contribution in [0.5, 0.6) is 0 Å². The highest BCUT2D eigenvalue weighted by atomic mass is 16.6. The van der Waals surface area contributed by atoms with Gasteiger partial charge in [0.25, 0.3) is 0 Å². The van der Waals surface area contributed by atoms with E-state index in [9.17, 15) is 14.4 Å². The average molecular weight is 426 g/mol. The second-order valence-corrected chi connectivity index (χ2v) is 6.55. The highest BCUT2D eigenvalue weighted by Crippen LogP contribution is 2.14. The van der Waals surface area contributed by atoms with Crippen molar-refractivity contribution in [3.63, 3.8) is 0 Å². The molecule has 0 aliphatic carbocycles. The summed E-state index contributed by atoms with van der Waals surface area (Å²) in [5.41, 5.74) is 0.565. The molecule has 1 unspecified atom stereocenters. The van der Waals surface area contributed by atoms with Gasteiger partial charge in [0.15, 0.2) is 6.29 Å². The zero-order valence-corrected chi connectivity index (χ0v) is 17.2. The number of aliphatic hydroxyl groups is 2. The molecule has 30 heavy (non-hydrogen) atoms. The summed E-state index contributed by atoms with van der Waals surface area (Å²) >= 11 is 0. The lowest BCUT2D eigenvalue weighted by atomic mass is 10.1. The maximum Gasteiger partial charge on any atom is 0.335 e. The first-order valence-electron chi connectivity index (χ1n) is 9.52. The van der Waals surface area contributed by atoms with Gasteiger partial charge in [0, 0.05) is 5.57 Å². The quantitative estimate of drug-likeness (QED) is 0.173. The van der Waals surface area contributed by atoms with Gasteiger partial charge in [-0.15, -0.1) is 0 Å². The molecule has 1 fully saturated rings. The standard InChI is InChI=1S/C8H6O4.C7H10O3.C6H14O2/c9-7(10)5-1-2-6(4-3-5)8(11)12;1-5(7(8)9)2-3-6-4-10-6;1-2-3-4-5-6(7)8/h1-4H,(H,9,10)(H,11,12);2,6H,3-4H2,1H3,(H,8,9);6-8H,2-5H2,1H3. The fourth-order valence-corrected chi connectivity index (χ4v) is 1.93. The lowest BCUT2D eigenvalue weighted by molar-refractivity contribution is -0.132. The molecule has 1 aromatic carbocycles. The molecule has 1 aliphatic heterocycles. The summed E-state index contributed by atoms with van der Waals surface area (Å²) in [7, 11) is 0. The molecule has 9 heteroatoms. The predicted octanol–water partition coefficient (Wildman–Crippen LogP) is 2.77. The third-order valence-corrected chi connectivity index (χ3v) is 3.87. The number of carboxylic acids is 3. The Balaban J connectivity index is 0.000000431. The van der Waals surface area contributed by atoms with Crippen molar-refractivity contribution in [2.75, 3.05) is 6.61 Å². The van der Waals surface area contributed by atoms with Gasteiger partial charge in [-0.2, -0.15) is 0 Å². The van der Waals surface area contributed by atoms with E-state index < -0.39 is 24.2 Å². The number of unbranched alkanes of at least 4 members (excludes halogenated alkanes) is 2. The van der Waals surface area contributed by atoms with Crippen LogP contribution in [0.1, 0.15) is 66.7 Å². The van der Waals surface area contributed by atoms with Gasteiger partial charge < -0.3 is 30.3 Å². The van der Waals surface area contributed by atoms with E-state index in [1.165, 1.54) is 24.3 Å². The molecule has 0 bridgehead atoms. The van der Waals surface area contributed by atoms with Gasteiger partial charge in [0.1, 0.15) is 0 Å². The zero-order valence-electron chi connectivity index (χ0n) is 17.2. The van der Waals surface area contributed by atoms with Crippen LogP contribution in [0, 0.1) is 0 Å². The van der Waals surface area contributed by atoms with Crippen LogP contribution in [0.3, 0.4) is 0 Å². The maximum absolute atomic E-state index is 10.3. The van der Waals surface area contributed by atoms with Crippen LogP contribution in [0.2, 0.25) is 0 Å². The zero-order chi connectivity index (χ0) is 23.1. The molecule has 0 aromatic heterocycles. The number of aliphatic carboxylic acids is 1. The summed E-state index contributed by atoms with van der Waals surface area (Å²) in [6.07, 6.45) is 5.29. The minimum Gasteiger partial charge on any atom is -0.478 e. The molecular formula is C21H30O9. The van der Waals surface area contributed by atoms with Crippen LogP contribution >= 0.6 is 0 Å². The van der Waals surface area contributed by atoms with Gasteiger partial charge in [-0.25, -0.2) is 14.4 Å². The molecule has 1 aromatic rings. The molecule has 5 N–H and O–H groups in total. The summed E-state index contributed by atoms with van der Waals surface area (Å²) in [5, 5.41) is 42.0. The van der Waals surface area contributed by atoms with E-state index in [4.69, 9.17) is 30.3 Å². The molecule has 1 saturated heterocycles. The van der Waals surface area contributed by atoms with Crippen molar-refractivity contribution in [2.45, 2.75) is 58.3 Å². The van der Waals surface area contributed by atoms with Crippen LogP contribution in [0.25, 0.3) is 0 Å². The Morgan fingerprint density at radius 3 is 1.80 bits per heavy atom. The van der Waals surface area contributed by atoms with E-state index in [0.29, 0.717) is 12.0 Å². The first kappa shape index (κ1) is 27.2. The molecule has 0 radical (unpaired) electrons. The Hall–Kier alpha value is -2.75. The molecule has 0 spiro atoms. The van der Waals surface area contributed by atoms with Crippen molar-refractivity contribution in [1.29, 1.82) is 0 Å². The molecule has 1 atom stereocenters. The van der Waals surface area contributed by atoms with E-state index in [2.05, 4.69) is 6.92 Å². The normalized spacial score (nSPS) is 14.7. The molecule has 9 nitrogen and oxygen atoms in total. The Kier molecular flexibility index (Phi) is 13.8. The molecule has 0 saturated carbocycles. The van der Waals surface area contributed by atoms with Crippen LogP contribution < -0.4 is 0 Å². The summed E-state index contributed by atoms with van der Waals surface area (Å²) < 4.78 is 4.90. The molecule has 1 heterocycles. The Bertz CT molecular complexity index is 656. The summed E-state index contributed by atoms with van der Waals surface area (Å²) in [6, 6.07) is 5.02. The van der Waals surface area contributed by atoms with Gasteiger partial charge >= 0.3 is 17.9 Å². The van der Waals surface area contributed by atoms with Crippen LogP contribution in [-0.4, -0.2) is 62.4 Å². The molecular weight excluding hydrogens is 396 g/mol. The fraction of sp³-hybridized carbons (Fsp3) is 0.476. The number of aliphatic hydroxyl groups excluding tert-OH is 1. The van der Waals surface area contributed by atoms with Crippen molar-refractivity contribution in [3.05, 3.63) is 47.0 Å². The maximum atomic E-state index is 10.3. The summed E-state index contributed by atoms with van der Waals surface area (Å²) in [4.78, 5) is 30.9. The monoisotopic (exact) mass is 426 g/mol. The van der Waals surface area contributed by atoms with Crippen LogP contribution in [0.4, 0.5) is 0 Å². The van der Waals surface area contributed by atoms with Gasteiger partial charge in [-0.3, -0.25) is 0 Å². The summed E-state index contributed by atoms with van der Waals surface area (Å²) in [5.74, 6) is -2.97. The number of benzene rings is 1. The minimum absolute atomic E-state index is 0.0833. The third-order valence-electron chi connectivity index (χ3n) is 3.87. The van der Waals surface area contributed by atoms with Gasteiger partial charge in [-0.1, -0.05) is 25.8 Å². The van der Waals surface area contributed by atoms with Gasteiger partial charge in [-0.05, 0) is 50.5 Å². The van der Waals surface area contributed by atoms with E-state index in [1.807, 2.05) is 0 Å². The Morgan fingerprint density at radius 2 is 1.50 bits per heavy atom. The summed E-state index contributed by atoms with van der Waals surface area (Å²) in [6.45, 7) is 4.46. The number of epoxide rings is 1. The lowest BCUT2D eigenvalue weighted by Gasteiger charge is -1.99. The van der Waals surface area contributed by atoms with E-state index in [-0.39, 0.29) is 17.2 Å². The van der Waals surface area contributed by atoms with E-state index in [1.54, 1.807) is 13.0 Å². The smallest absolute Gasteiger partial charge is 0.335 e. The largest absolute Gasteiger partial charge is 0.478 e. The fourth-order valence-electron chi connectivity index (χ4n) is 1.93. The molecule has 2 rings (SSSR count). The van der Waals surface area contributed by atoms with Crippen LogP contribution in [0.15, 0.2) is 35.9 Å². The first-order valence-corrected chi connectivity index (χ1v) is 9.52. The van der Waals surface area contributed by atoms with E-state index in [0.717, 1.165) is 32.3 Å². The molecule has 168 valence electrons. The highest BCUT2D eigenvalue weighted by Gasteiger charge is 2.20. The topological polar surface area (TPSA) is 165 Å². The number of ether oxygens (including phenoxy) is 1.